The maximum Gasteiger partial charge on any atom is 0.128 e. The van der Waals surface area contributed by atoms with Crippen molar-refractivity contribution < 1.29 is 4.74 Å². The van der Waals surface area contributed by atoms with E-state index in [1.165, 1.54) is 5.56 Å². The Hall–Kier alpha value is -1.88. The molecule has 2 heterocycles. The Morgan fingerprint density at radius 2 is 2.00 bits per heavy atom. The normalized spacial score (nSPS) is 11.1. The maximum absolute atomic E-state index is 5.46. The fourth-order valence-electron chi connectivity index (χ4n) is 2.51. The molecule has 5 heteroatoms. The van der Waals surface area contributed by atoms with E-state index in [-0.39, 0.29) is 0 Å². The molecule has 0 radical (unpaired) electrons. The molecule has 0 aliphatic heterocycles. The van der Waals surface area contributed by atoms with Crippen LogP contribution in [0.15, 0.2) is 18.6 Å². The van der Waals surface area contributed by atoms with E-state index in [0.717, 1.165) is 42.2 Å². The van der Waals surface area contributed by atoms with Crippen molar-refractivity contribution in [1.82, 2.24) is 19.7 Å². The summed E-state index contributed by atoms with van der Waals surface area (Å²) in [6.45, 7) is 8.73. The lowest BCUT2D eigenvalue weighted by Gasteiger charge is -2.18. The smallest absolute Gasteiger partial charge is 0.128 e. The van der Waals surface area contributed by atoms with Crippen molar-refractivity contribution in [3.05, 3.63) is 41.0 Å². The number of nitrogens with zero attached hydrogens (tertiary/aromatic N) is 4. The lowest BCUT2D eigenvalue weighted by atomic mass is 10.1. The molecule has 114 valence electrons. The number of rotatable bonds is 6. The first-order valence-electron chi connectivity index (χ1n) is 7.24. The third-order valence-corrected chi connectivity index (χ3v) is 3.63. The summed E-state index contributed by atoms with van der Waals surface area (Å²) in [7, 11) is 3.80. The standard InChI is InChI=1S/C16H24N4O/c1-6-20-10-14(8-18-20)9-19(4)11-15-13(3)16(21-5)12(2)7-17-15/h7-8,10H,6,9,11H2,1-5H3. The van der Waals surface area contributed by atoms with Crippen LogP contribution in [0, 0.1) is 13.8 Å². The van der Waals surface area contributed by atoms with Crippen molar-refractivity contribution in [2.45, 2.75) is 40.4 Å². The average molecular weight is 288 g/mol. The third-order valence-electron chi connectivity index (χ3n) is 3.63. The Balaban J connectivity index is 2.07. The highest BCUT2D eigenvalue weighted by atomic mass is 16.5. The van der Waals surface area contributed by atoms with Gasteiger partial charge in [-0.1, -0.05) is 0 Å². The van der Waals surface area contributed by atoms with Crippen LogP contribution in [0.3, 0.4) is 0 Å². The largest absolute Gasteiger partial charge is 0.496 e. The first-order chi connectivity index (χ1) is 10.0. The van der Waals surface area contributed by atoms with Gasteiger partial charge in [0.2, 0.25) is 0 Å². The number of methoxy groups -OCH3 is 1. The summed E-state index contributed by atoms with van der Waals surface area (Å²) in [6.07, 6.45) is 5.90. The number of aryl methyl sites for hydroxylation is 2. The summed E-state index contributed by atoms with van der Waals surface area (Å²) in [5.74, 6) is 0.937. The van der Waals surface area contributed by atoms with Crippen molar-refractivity contribution >= 4 is 0 Å². The minimum Gasteiger partial charge on any atom is -0.496 e. The maximum atomic E-state index is 5.46. The molecular formula is C16H24N4O. The third kappa shape index (κ3) is 3.61. The van der Waals surface area contributed by atoms with E-state index in [9.17, 15) is 0 Å². The van der Waals surface area contributed by atoms with E-state index in [1.807, 2.05) is 24.0 Å². The van der Waals surface area contributed by atoms with Gasteiger partial charge in [0.25, 0.3) is 0 Å². The van der Waals surface area contributed by atoms with Gasteiger partial charge < -0.3 is 4.74 Å². The van der Waals surface area contributed by atoms with Gasteiger partial charge in [0.15, 0.2) is 0 Å². The van der Waals surface area contributed by atoms with Crippen molar-refractivity contribution in [3.63, 3.8) is 0 Å². The first kappa shape index (κ1) is 15.5. The second kappa shape index (κ2) is 6.72. The fourth-order valence-corrected chi connectivity index (χ4v) is 2.51. The molecule has 0 bridgehead atoms. The van der Waals surface area contributed by atoms with Crippen LogP contribution in [-0.4, -0.2) is 33.8 Å². The highest BCUT2D eigenvalue weighted by Gasteiger charge is 2.12. The van der Waals surface area contributed by atoms with Crippen LogP contribution in [0.5, 0.6) is 5.75 Å². The van der Waals surface area contributed by atoms with Crippen LogP contribution < -0.4 is 4.74 Å². The lowest BCUT2D eigenvalue weighted by Crippen LogP contribution is -2.19. The quantitative estimate of drug-likeness (QED) is 0.819. The molecular weight excluding hydrogens is 264 g/mol. The number of aromatic nitrogens is 3. The highest BCUT2D eigenvalue weighted by Crippen LogP contribution is 2.24. The number of hydrogen-bond acceptors (Lipinski definition) is 4. The molecule has 2 aromatic rings. The number of pyridine rings is 1. The van der Waals surface area contributed by atoms with Gasteiger partial charge in [-0.25, -0.2) is 0 Å². The Bertz CT molecular complexity index is 606. The second-order valence-corrected chi connectivity index (χ2v) is 5.42. The molecule has 0 aliphatic rings. The summed E-state index contributed by atoms with van der Waals surface area (Å²) < 4.78 is 7.41. The SMILES string of the molecule is CCn1cc(CN(C)Cc2ncc(C)c(OC)c2C)cn1. The molecule has 0 N–H and O–H groups in total. The van der Waals surface area contributed by atoms with Gasteiger partial charge >= 0.3 is 0 Å². The van der Waals surface area contributed by atoms with Gasteiger partial charge in [0.1, 0.15) is 5.75 Å². The number of hydrogen-bond donors (Lipinski definition) is 0. The van der Waals surface area contributed by atoms with E-state index < -0.39 is 0 Å². The molecule has 0 atom stereocenters. The molecule has 21 heavy (non-hydrogen) atoms. The second-order valence-electron chi connectivity index (χ2n) is 5.42. The van der Waals surface area contributed by atoms with E-state index in [4.69, 9.17) is 4.74 Å². The van der Waals surface area contributed by atoms with Gasteiger partial charge in [0.05, 0.1) is 19.0 Å². The summed E-state index contributed by atoms with van der Waals surface area (Å²) in [4.78, 5) is 6.78. The van der Waals surface area contributed by atoms with Crippen molar-refractivity contribution in [3.8, 4) is 5.75 Å². The molecule has 0 amide bonds. The van der Waals surface area contributed by atoms with Crippen molar-refractivity contribution in [2.24, 2.45) is 0 Å². The lowest BCUT2D eigenvalue weighted by molar-refractivity contribution is 0.312. The Kier molecular flexibility index (Phi) is 4.96. The molecule has 0 saturated carbocycles. The predicted octanol–water partition coefficient (Wildman–Crippen LogP) is 2.56. The van der Waals surface area contributed by atoms with Gasteiger partial charge in [-0.3, -0.25) is 14.6 Å². The van der Waals surface area contributed by atoms with Crippen LogP contribution in [0.25, 0.3) is 0 Å². The van der Waals surface area contributed by atoms with E-state index in [1.54, 1.807) is 7.11 Å². The van der Waals surface area contributed by atoms with Gasteiger partial charge in [-0.05, 0) is 27.8 Å². The van der Waals surface area contributed by atoms with Crippen LogP contribution in [0.4, 0.5) is 0 Å². The molecule has 0 unspecified atom stereocenters. The Morgan fingerprint density at radius 3 is 2.62 bits per heavy atom. The number of ether oxygens (including phenoxy) is 1. The molecule has 0 aliphatic carbocycles. The molecule has 0 spiro atoms. The molecule has 0 aromatic carbocycles. The van der Waals surface area contributed by atoms with Crippen LogP contribution in [0.2, 0.25) is 0 Å². The van der Waals surface area contributed by atoms with Gasteiger partial charge in [-0.2, -0.15) is 5.10 Å². The van der Waals surface area contributed by atoms with Crippen molar-refractivity contribution in [2.75, 3.05) is 14.2 Å². The fraction of sp³-hybridized carbons (Fsp3) is 0.500. The van der Waals surface area contributed by atoms with E-state index >= 15 is 0 Å². The molecule has 0 saturated heterocycles. The zero-order chi connectivity index (χ0) is 15.4. The summed E-state index contributed by atoms with van der Waals surface area (Å²) in [5.41, 5.74) is 4.47. The molecule has 0 fully saturated rings. The molecule has 5 nitrogen and oxygen atoms in total. The van der Waals surface area contributed by atoms with Crippen molar-refractivity contribution in [1.29, 1.82) is 0 Å². The van der Waals surface area contributed by atoms with Gasteiger partial charge in [-0.15, -0.1) is 0 Å². The highest BCUT2D eigenvalue weighted by molar-refractivity contribution is 5.41. The van der Waals surface area contributed by atoms with Crippen LogP contribution in [-0.2, 0) is 19.6 Å². The van der Waals surface area contributed by atoms with Crippen LogP contribution in [0.1, 0.15) is 29.3 Å². The van der Waals surface area contributed by atoms with Gasteiger partial charge in [0, 0.05) is 48.7 Å². The first-order valence-corrected chi connectivity index (χ1v) is 7.24. The summed E-state index contributed by atoms with van der Waals surface area (Å²) >= 11 is 0. The van der Waals surface area contributed by atoms with E-state index in [2.05, 4.69) is 42.1 Å². The molecule has 2 rings (SSSR count). The van der Waals surface area contributed by atoms with E-state index in [0.29, 0.717) is 0 Å². The zero-order valence-electron chi connectivity index (χ0n) is 13.6. The topological polar surface area (TPSA) is 43.2 Å². The monoisotopic (exact) mass is 288 g/mol. The minimum absolute atomic E-state index is 0.791. The Labute approximate surface area is 126 Å². The predicted molar refractivity (Wildman–Crippen MR) is 83.3 cm³/mol. The zero-order valence-corrected chi connectivity index (χ0v) is 13.6. The van der Waals surface area contributed by atoms with Crippen LogP contribution >= 0.6 is 0 Å². The molecule has 2 aromatic heterocycles. The summed E-state index contributed by atoms with van der Waals surface area (Å²) in [6, 6.07) is 0. The Morgan fingerprint density at radius 1 is 1.24 bits per heavy atom. The average Bonchev–Trinajstić information content (AvgIpc) is 2.90. The minimum atomic E-state index is 0.791. The summed E-state index contributed by atoms with van der Waals surface area (Å²) in [5, 5.41) is 4.31.